The molecule has 1 aromatic carbocycles. The molecule has 0 saturated heterocycles. The molecule has 1 amide bonds. The molecular weight excluding hydrogens is 461 g/mol. The maximum Gasteiger partial charge on any atom is 0.237 e. The lowest BCUT2D eigenvalue weighted by atomic mass is 10.0. The Morgan fingerprint density at radius 3 is 2.52 bits per heavy atom. The van der Waals surface area contributed by atoms with Crippen molar-refractivity contribution >= 4 is 51.7 Å². The Hall–Kier alpha value is -2.03. The molecule has 0 saturated carbocycles. The van der Waals surface area contributed by atoms with Crippen LogP contribution in [0.25, 0.3) is 11.0 Å². The van der Waals surface area contributed by atoms with Gasteiger partial charge in [0.1, 0.15) is 11.7 Å². The van der Waals surface area contributed by atoms with E-state index in [0.717, 1.165) is 22.5 Å². The van der Waals surface area contributed by atoms with Gasteiger partial charge in [0, 0.05) is 51.1 Å². The number of nitrogens with two attached hydrogens (primary N) is 1. The second-order valence-corrected chi connectivity index (χ2v) is 9.38. The Bertz CT molecular complexity index is 925. The number of hydrogen-bond acceptors (Lipinski definition) is 5. The van der Waals surface area contributed by atoms with Crippen LogP contribution in [0.1, 0.15) is 32.5 Å². The molecule has 10 heteroatoms. The van der Waals surface area contributed by atoms with E-state index in [1.165, 1.54) is 0 Å². The number of imidazole rings is 1. The number of amides is 1. The Labute approximate surface area is 206 Å². The highest BCUT2D eigenvalue weighted by Crippen LogP contribution is 2.23. The van der Waals surface area contributed by atoms with E-state index in [1.54, 1.807) is 7.05 Å². The van der Waals surface area contributed by atoms with Crippen molar-refractivity contribution in [2.75, 3.05) is 36.8 Å². The molecule has 2 atom stereocenters. The van der Waals surface area contributed by atoms with Crippen LogP contribution >= 0.6 is 23.2 Å². The number of fused-ring (bicyclic) bond motifs is 1. The van der Waals surface area contributed by atoms with Crippen LogP contribution < -0.4 is 21.3 Å². The van der Waals surface area contributed by atoms with Gasteiger partial charge in [-0.2, -0.15) is 0 Å². The van der Waals surface area contributed by atoms with Crippen molar-refractivity contribution in [3.63, 3.8) is 0 Å². The topological polar surface area (TPSA) is 112 Å². The third-order valence-corrected chi connectivity index (χ3v) is 6.03. The zero-order valence-corrected chi connectivity index (χ0v) is 21.5. The summed E-state index contributed by atoms with van der Waals surface area (Å²) in [5.74, 6) is 2.29. The van der Waals surface area contributed by atoms with E-state index in [0.29, 0.717) is 50.0 Å². The number of likely N-dealkylation sites (N-methyl/N-ethyl adjacent to an activating group) is 1. The van der Waals surface area contributed by atoms with Gasteiger partial charge < -0.3 is 25.8 Å². The van der Waals surface area contributed by atoms with Gasteiger partial charge in [0.15, 0.2) is 0 Å². The molecule has 2 rings (SSSR count). The van der Waals surface area contributed by atoms with E-state index in [9.17, 15) is 4.79 Å². The van der Waals surface area contributed by atoms with Gasteiger partial charge in [-0.1, -0.05) is 13.8 Å². The fourth-order valence-electron chi connectivity index (χ4n) is 3.82. The lowest BCUT2D eigenvalue weighted by Crippen LogP contribution is -2.51. The first-order valence-corrected chi connectivity index (χ1v) is 12.4. The number of carbonyl (C=O) groups excluding carboxylic acids is 1. The lowest BCUT2D eigenvalue weighted by Gasteiger charge is -2.23. The lowest BCUT2D eigenvalue weighted by molar-refractivity contribution is -0.122. The third kappa shape index (κ3) is 7.48. The Morgan fingerprint density at radius 2 is 1.94 bits per heavy atom. The molecule has 0 unspecified atom stereocenters. The van der Waals surface area contributed by atoms with Crippen LogP contribution in [0, 0.1) is 11.3 Å². The smallest absolute Gasteiger partial charge is 0.237 e. The van der Waals surface area contributed by atoms with E-state index >= 15 is 0 Å². The number of benzene rings is 1. The van der Waals surface area contributed by atoms with Crippen LogP contribution in [0.4, 0.5) is 5.69 Å². The molecule has 0 radical (unpaired) electrons. The predicted molar refractivity (Wildman–Crippen MR) is 139 cm³/mol. The minimum Gasteiger partial charge on any atom is -0.375 e. The Balaban J connectivity index is 2.08. The average molecular weight is 499 g/mol. The SMILES string of the molecule is CNC(=N)[C@H](CC(C)C)NC(=O)[C@@H](N)CCc1nc2cc(N(CCCl)CCCl)ccc2n1C. The number of aryl methyl sites for hydroxylation is 2. The quantitative estimate of drug-likeness (QED) is 0.193. The van der Waals surface area contributed by atoms with Gasteiger partial charge in [0.2, 0.25) is 5.91 Å². The number of amidine groups is 1. The maximum atomic E-state index is 12.7. The molecule has 0 aliphatic heterocycles. The minimum atomic E-state index is -0.678. The molecule has 0 spiro atoms. The second-order valence-electron chi connectivity index (χ2n) is 8.62. The molecule has 1 aromatic heterocycles. The molecule has 0 fully saturated rings. The highest BCUT2D eigenvalue weighted by molar-refractivity contribution is 6.18. The number of rotatable bonds is 13. The summed E-state index contributed by atoms with van der Waals surface area (Å²) in [7, 11) is 3.65. The number of nitrogens with one attached hydrogen (secondary N) is 3. The van der Waals surface area contributed by atoms with Crippen molar-refractivity contribution in [1.82, 2.24) is 20.2 Å². The molecule has 2 aromatic rings. The van der Waals surface area contributed by atoms with Gasteiger partial charge in [-0.3, -0.25) is 10.2 Å². The molecule has 8 nitrogen and oxygen atoms in total. The fraction of sp³-hybridized carbons (Fsp3) is 0.609. The largest absolute Gasteiger partial charge is 0.375 e. The summed E-state index contributed by atoms with van der Waals surface area (Å²) in [6, 6.07) is 5.10. The normalized spacial score (nSPS) is 13.2. The molecule has 0 bridgehead atoms. The Kier molecular flexibility index (Phi) is 10.7. The van der Waals surface area contributed by atoms with Gasteiger partial charge in [0.25, 0.3) is 0 Å². The summed E-state index contributed by atoms with van der Waals surface area (Å²) >= 11 is 11.9. The molecular formula is C23H37Cl2N7O. The maximum absolute atomic E-state index is 12.7. The first kappa shape index (κ1) is 27.2. The van der Waals surface area contributed by atoms with E-state index in [2.05, 4.69) is 35.4 Å². The predicted octanol–water partition coefficient (Wildman–Crippen LogP) is 2.84. The Morgan fingerprint density at radius 1 is 1.27 bits per heavy atom. The number of carbonyl (C=O) groups is 1. The van der Waals surface area contributed by atoms with Gasteiger partial charge >= 0.3 is 0 Å². The molecule has 0 aliphatic rings. The molecule has 1 heterocycles. The van der Waals surface area contributed by atoms with Crippen molar-refractivity contribution < 1.29 is 4.79 Å². The summed E-state index contributed by atoms with van der Waals surface area (Å²) < 4.78 is 2.04. The van der Waals surface area contributed by atoms with E-state index in [4.69, 9.17) is 39.3 Å². The third-order valence-electron chi connectivity index (χ3n) is 5.69. The molecule has 0 aliphatic carbocycles. The van der Waals surface area contributed by atoms with Gasteiger partial charge in [0.05, 0.1) is 23.1 Å². The molecule has 33 heavy (non-hydrogen) atoms. The fourth-order valence-corrected chi connectivity index (χ4v) is 4.23. The zero-order valence-electron chi connectivity index (χ0n) is 20.0. The standard InChI is InChI=1S/C23H37Cl2N7O/c1-15(2)13-19(22(27)28-3)30-23(33)17(26)6-8-21-29-18-14-16(5-7-20(18)31(21)4)32(11-9-24)12-10-25/h5,7,14-15,17,19H,6,8-13,26H2,1-4H3,(H2,27,28)(H,30,33)/t17-,19-/m0/s1. The number of hydrogen-bond donors (Lipinski definition) is 4. The second kappa shape index (κ2) is 13.0. The highest BCUT2D eigenvalue weighted by Gasteiger charge is 2.22. The first-order chi connectivity index (χ1) is 15.7. The summed E-state index contributed by atoms with van der Waals surface area (Å²) in [5, 5.41) is 13.8. The van der Waals surface area contributed by atoms with Crippen LogP contribution in [0.5, 0.6) is 0 Å². The monoisotopic (exact) mass is 497 g/mol. The van der Waals surface area contributed by atoms with Crippen molar-refractivity contribution in [1.29, 1.82) is 5.41 Å². The van der Waals surface area contributed by atoms with Crippen LogP contribution in [0.2, 0.25) is 0 Å². The van der Waals surface area contributed by atoms with Gasteiger partial charge in [-0.05, 0) is 37.0 Å². The number of anilines is 1. The molecule has 184 valence electrons. The van der Waals surface area contributed by atoms with Crippen LogP contribution in [0.3, 0.4) is 0 Å². The average Bonchev–Trinajstić information content (AvgIpc) is 3.10. The first-order valence-electron chi connectivity index (χ1n) is 11.4. The summed E-state index contributed by atoms with van der Waals surface area (Å²) in [5.41, 5.74) is 9.13. The summed E-state index contributed by atoms with van der Waals surface area (Å²) in [6.45, 7) is 5.55. The van der Waals surface area contributed by atoms with E-state index in [-0.39, 0.29) is 17.8 Å². The van der Waals surface area contributed by atoms with Gasteiger partial charge in [-0.25, -0.2) is 4.98 Å². The highest BCUT2D eigenvalue weighted by atomic mass is 35.5. The number of halogens is 2. The van der Waals surface area contributed by atoms with Crippen LogP contribution in [-0.2, 0) is 18.3 Å². The van der Waals surface area contributed by atoms with Crippen LogP contribution in [0.15, 0.2) is 18.2 Å². The van der Waals surface area contributed by atoms with Gasteiger partial charge in [-0.15, -0.1) is 23.2 Å². The van der Waals surface area contributed by atoms with E-state index in [1.807, 2.05) is 23.7 Å². The van der Waals surface area contributed by atoms with Crippen molar-refractivity contribution in [3.8, 4) is 0 Å². The van der Waals surface area contributed by atoms with Crippen molar-refractivity contribution in [2.24, 2.45) is 18.7 Å². The zero-order chi connectivity index (χ0) is 24.5. The summed E-state index contributed by atoms with van der Waals surface area (Å²) in [6.07, 6.45) is 1.71. The summed E-state index contributed by atoms with van der Waals surface area (Å²) in [4.78, 5) is 19.6. The van der Waals surface area contributed by atoms with Crippen LogP contribution in [-0.4, -0.2) is 65.3 Å². The minimum absolute atomic E-state index is 0.250. The van der Waals surface area contributed by atoms with Crippen molar-refractivity contribution in [3.05, 3.63) is 24.0 Å². The number of alkyl halides is 2. The molecule has 5 N–H and O–H groups in total. The van der Waals surface area contributed by atoms with Crippen molar-refractivity contribution in [2.45, 2.75) is 45.2 Å². The van der Waals surface area contributed by atoms with E-state index < -0.39 is 6.04 Å². The number of nitrogens with zero attached hydrogens (tertiary/aromatic N) is 3. The number of aromatic nitrogens is 2.